The third kappa shape index (κ3) is 3.59. The van der Waals surface area contributed by atoms with Crippen molar-refractivity contribution in [2.24, 2.45) is 0 Å². The molecule has 2 aromatic rings. The monoisotopic (exact) mass is 446 g/mol. The number of amides is 1. The van der Waals surface area contributed by atoms with Crippen LogP contribution < -0.4 is 4.90 Å². The first-order valence-electron chi connectivity index (χ1n) is 10.7. The number of benzene rings is 1. The van der Waals surface area contributed by atoms with Crippen molar-refractivity contribution in [3.63, 3.8) is 0 Å². The van der Waals surface area contributed by atoms with Gasteiger partial charge in [0.2, 0.25) is 5.91 Å². The molecule has 0 saturated carbocycles. The van der Waals surface area contributed by atoms with Crippen LogP contribution in [0.15, 0.2) is 30.3 Å². The van der Waals surface area contributed by atoms with Crippen LogP contribution in [-0.4, -0.2) is 41.7 Å². The molecule has 2 fully saturated rings. The van der Waals surface area contributed by atoms with E-state index in [0.29, 0.717) is 19.1 Å². The van der Waals surface area contributed by atoms with Gasteiger partial charge in [-0.25, -0.2) is 0 Å². The van der Waals surface area contributed by atoms with Gasteiger partial charge in [0.15, 0.2) is 0 Å². The molecular formula is C23H27ClN2O3S. The molecule has 3 atom stereocenters. The molecule has 4 heterocycles. The molecule has 1 spiro atoms. The van der Waals surface area contributed by atoms with Crippen LogP contribution in [0.2, 0.25) is 4.34 Å². The molecule has 3 aliphatic rings. The number of carbonyl (C=O) groups is 1. The quantitative estimate of drug-likeness (QED) is 0.755. The Morgan fingerprint density at radius 3 is 2.80 bits per heavy atom. The summed E-state index contributed by atoms with van der Waals surface area (Å²) in [5.41, 5.74) is 2.88. The summed E-state index contributed by atoms with van der Waals surface area (Å²) in [6.45, 7) is 5.22. The summed E-state index contributed by atoms with van der Waals surface area (Å²) in [6.07, 6.45) is 2.82. The first-order chi connectivity index (χ1) is 14.4. The maximum atomic E-state index is 12.0. The molecule has 3 aliphatic heterocycles. The second kappa shape index (κ2) is 7.92. The Morgan fingerprint density at radius 2 is 2.10 bits per heavy atom. The average Bonchev–Trinajstić information content (AvgIpc) is 3.34. The number of aliphatic hydroxyl groups is 1. The van der Waals surface area contributed by atoms with E-state index in [2.05, 4.69) is 36.1 Å². The number of anilines is 1. The molecule has 7 heteroatoms. The first-order valence-corrected chi connectivity index (χ1v) is 11.9. The Bertz CT molecular complexity index is 946. The predicted molar refractivity (Wildman–Crippen MR) is 119 cm³/mol. The van der Waals surface area contributed by atoms with E-state index in [-0.39, 0.29) is 11.5 Å². The predicted octanol–water partition coefficient (Wildman–Crippen LogP) is 4.47. The molecule has 5 rings (SSSR count). The number of nitrogens with zero attached hydrogens (tertiary/aromatic N) is 2. The lowest BCUT2D eigenvalue weighted by molar-refractivity contribution is -0.139. The van der Waals surface area contributed by atoms with Gasteiger partial charge in [0.05, 0.1) is 10.9 Å². The highest BCUT2D eigenvalue weighted by atomic mass is 35.5. The molecular weight excluding hydrogens is 420 g/mol. The molecule has 0 bridgehead atoms. The van der Waals surface area contributed by atoms with Crippen LogP contribution in [0.5, 0.6) is 0 Å². The highest BCUT2D eigenvalue weighted by Gasteiger charge is 2.46. The summed E-state index contributed by atoms with van der Waals surface area (Å²) in [5, 5.41) is 10.3. The van der Waals surface area contributed by atoms with E-state index in [1.807, 2.05) is 11.0 Å². The number of carbonyl (C=O) groups excluding carboxylic acids is 1. The van der Waals surface area contributed by atoms with Crippen LogP contribution >= 0.6 is 22.9 Å². The number of piperidine rings is 1. The van der Waals surface area contributed by atoms with Crippen LogP contribution in [0.4, 0.5) is 5.69 Å². The Hall–Kier alpha value is -1.44. The maximum Gasteiger partial charge on any atom is 0.227 e. The highest BCUT2D eigenvalue weighted by Crippen LogP contribution is 2.50. The molecule has 1 N–H and O–H groups in total. The van der Waals surface area contributed by atoms with Crippen molar-refractivity contribution < 1.29 is 14.6 Å². The van der Waals surface area contributed by atoms with Crippen LogP contribution in [0, 0.1) is 0 Å². The molecule has 160 valence electrons. The largest absolute Gasteiger partial charge is 0.386 e. The molecule has 1 aromatic carbocycles. The topological polar surface area (TPSA) is 53.0 Å². The van der Waals surface area contributed by atoms with E-state index in [1.165, 1.54) is 5.56 Å². The number of aliphatic hydroxyl groups excluding tert-OH is 1. The molecule has 5 nitrogen and oxygen atoms in total. The fraction of sp³-hybridized carbons (Fsp3) is 0.522. The van der Waals surface area contributed by atoms with E-state index in [9.17, 15) is 9.90 Å². The normalized spacial score (nSPS) is 29.6. The van der Waals surface area contributed by atoms with Gasteiger partial charge in [0.25, 0.3) is 0 Å². The molecule has 0 radical (unpaired) electrons. The van der Waals surface area contributed by atoms with Gasteiger partial charge < -0.3 is 14.7 Å². The van der Waals surface area contributed by atoms with Crippen molar-refractivity contribution in [1.82, 2.24) is 4.90 Å². The standard InChI is InChI=1S/C23H27ClN2O3S/c1-15-12-23(22-18(11-20(24)30-22)19(27)14-29-23)8-10-25(15)13-16-4-6-17(7-5-16)26-9-2-3-21(26)28/h4-7,11,15,19,27H,2-3,8-10,12-14H2,1H3/t15-,19-,23+/m0/s1. The lowest BCUT2D eigenvalue weighted by Crippen LogP contribution is -2.50. The van der Waals surface area contributed by atoms with Crippen molar-refractivity contribution in [2.75, 3.05) is 24.6 Å². The van der Waals surface area contributed by atoms with Crippen molar-refractivity contribution in [1.29, 1.82) is 0 Å². The number of likely N-dealkylation sites (tertiary alicyclic amines) is 1. The number of hydrogen-bond donors (Lipinski definition) is 1. The molecule has 1 amide bonds. The zero-order valence-corrected chi connectivity index (χ0v) is 18.7. The number of ether oxygens (including phenoxy) is 1. The number of hydrogen-bond acceptors (Lipinski definition) is 5. The zero-order chi connectivity index (χ0) is 20.9. The zero-order valence-electron chi connectivity index (χ0n) is 17.1. The van der Waals surface area contributed by atoms with E-state index in [1.54, 1.807) is 11.3 Å². The van der Waals surface area contributed by atoms with E-state index < -0.39 is 6.10 Å². The van der Waals surface area contributed by atoms with Crippen molar-refractivity contribution >= 4 is 34.5 Å². The summed E-state index contributed by atoms with van der Waals surface area (Å²) < 4.78 is 6.97. The summed E-state index contributed by atoms with van der Waals surface area (Å²) >= 11 is 7.83. The van der Waals surface area contributed by atoms with Gasteiger partial charge in [-0.3, -0.25) is 9.69 Å². The van der Waals surface area contributed by atoms with Crippen LogP contribution in [0.25, 0.3) is 0 Å². The highest BCUT2D eigenvalue weighted by molar-refractivity contribution is 7.16. The van der Waals surface area contributed by atoms with Crippen LogP contribution in [0.3, 0.4) is 0 Å². The van der Waals surface area contributed by atoms with Gasteiger partial charge in [0.1, 0.15) is 11.7 Å². The van der Waals surface area contributed by atoms with E-state index in [4.69, 9.17) is 16.3 Å². The Balaban J connectivity index is 1.28. The van der Waals surface area contributed by atoms with Crippen LogP contribution in [0.1, 0.15) is 54.7 Å². The van der Waals surface area contributed by atoms with Gasteiger partial charge in [-0.05, 0) is 49.9 Å². The Labute approximate surface area is 186 Å². The molecule has 0 aliphatic carbocycles. The molecule has 30 heavy (non-hydrogen) atoms. The number of halogens is 1. The Kier molecular flexibility index (Phi) is 5.40. The van der Waals surface area contributed by atoms with Gasteiger partial charge in [-0.1, -0.05) is 23.7 Å². The minimum Gasteiger partial charge on any atom is -0.386 e. The maximum absolute atomic E-state index is 12.0. The Morgan fingerprint density at radius 1 is 1.30 bits per heavy atom. The summed E-state index contributed by atoms with van der Waals surface area (Å²) in [5.74, 6) is 0.225. The fourth-order valence-electron chi connectivity index (χ4n) is 5.13. The molecule has 1 aromatic heterocycles. The number of rotatable bonds is 3. The third-order valence-electron chi connectivity index (χ3n) is 6.78. The smallest absolute Gasteiger partial charge is 0.227 e. The first kappa shape index (κ1) is 20.5. The summed E-state index contributed by atoms with van der Waals surface area (Å²) in [7, 11) is 0. The van der Waals surface area contributed by atoms with Crippen molar-refractivity contribution in [2.45, 2.75) is 56.9 Å². The summed E-state index contributed by atoms with van der Waals surface area (Å²) in [4.78, 5) is 17.4. The lowest BCUT2D eigenvalue weighted by atomic mass is 9.81. The second-order valence-corrected chi connectivity index (χ2v) is 10.4. The molecule has 0 unspecified atom stereocenters. The second-order valence-electron chi connectivity index (χ2n) is 8.75. The minimum absolute atomic E-state index is 0.225. The number of thiophene rings is 1. The van der Waals surface area contributed by atoms with Gasteiger partial charge in [0, 0.05) is 48.2 Å². The third-order valence-corrected chi connectivity index (χ3v) is 8.24. The van der Waals surface area contributed by atoms with Gasteiger partial charge in [-0.2, -0.15) is 0 Å². The SMILES string of the molecule is C[C@H]1C[C@@]2(CCN1Cc1ccc(N3CCCC3=O)cc1)OC[C@H](O)c1cc(Cl)sc12. The summed E-state index contributed by atoms with van der Waals surface area (Å²) in [6, 6.07) is 10.7. The van der Waals surface area contributed by atoms with Crippen molar-refractivity contribution in [3.05, 3.63) is 50.7 Å². The van der Waals surface area contributed by atoms with Crippen LogP contribution in [-0.2, 0) is 21.7 Å². The van der Waals surface area contributed by atoms with Gasteiger partial charge >= 0.3 is 0 Å². The lowest BCUT2D eigenvalue weighted by Gasteiger charge is -2.47. The van der Waals surface area contributed by atoms with E-state index >= 15 is 0 Å². The van der Waals surface area contributed by atoms with E-state index in [0.717, 1.165) is 59.4 Å². The van der Waals surface area contributed by atoms with Gasteiger partial charge in [-0.15, -0.1) is 11.3 Å². The number of fused-ring (bicyclic) bond motifs is 2. The van der Waals surface area contributed by atoms with Crippen molar-refractivity contribution in [3.8, 4) is 0 Å². The molecule has 2 saturated heterocycles. The minimum atomic E-state index is -0.580. The average molecular weight is 447 g/mol. The fourth-order valence-corrected chi connectivity index (χ4v) is 6.61.